The van der Waals surface area contributed by atoms with Crippen LogP contribution in [0.25, 0.3) is 0 Å². The lowest BCUT2D eigenvalue weighted by molar-refractivity contribution is 0.0526. The molecule has 0 aromatic heterocycles. The number of hydrogen-bond donors (Lipinski definition) is 2. The number of rotatable bonds is 5. The van der Waals surface area contributed by atoms with Gasteiger partial charge in [-0.05, 0) is 48.9 Å². The number of esters is 1. The van der Waals surface area contributed by atoms with Crippen LogP contribution in [-0.4, -0.2) is 18.6 Å². The van der Waals surface area contributed by atoms with Gasteiger partial charge in [-0.15, -0.1) is 0 Å². The first-order valence-electron chi connectivity index (χ1n) is 7.15. The molecule has 23 heavy (non-hydrogen) atoms. The standard InChI is InChI=1S/C17H17FN2O3/c1-2-23-16(21)13-6-8-15(9-7-13)20-17(22)19-11-12-4-3-5-14(18)10-12/h3-10H,2,11H2,1H3,(H2,19,20,22). The zero-order valence-electron chi connectivity index (χ0n) is 12.6. The van der Waals surface area contributed by atoms with Gasteiger partial charge in [0.05, 0.1) is 12.2 Å². The number of nitrogens with one attached hydrogen (secondary N) is 2. The largest absolute Gasteiger partial charge is 0.462 e. The van der Waals surface area contributed by atoms with Crippen molar-refractivity contribution in [3.63, 3.8) is 0 Å². The topological polar surface area (TPSA) is 67.4 Å². The fraction of sp³-hybridized carbons (Fsp3) is 0.176. The van der Waals surface area contributed by atoms with Crippen molar-refractivity contribution < 1.29 is 18.7 Å². The summed E-state index contributed by atoms with van der Waals surface area (Å²) in [4.78, 5) is 23.3. The molecule has 0 aliphatic carbocycles. The highest BCUT2D eigenvalue weighted by Gasteiger charge is 2.07. The minimum Gasteiger partial charge on any atom is -0.462 e. The molecule has 0 unspecified atom stereocenters. The SMILES string of the molecule is CCOC(=O)c1ccc(NC(=O)NCc2cccc(F)c2)cc1. The average Bonchev–Trinajstić information content (AvgIpc) is 2.54. The van der Waals surface area contributed by atoms with E-state index in [-0.39, 0.29) is 12.4 Å². The van der Waals surface area contributed by atoms with Crippen LogP contribution in [0, 0.1) is 5.82 Å². The predicted molar refractivity (Wildman–Crippen MR) is 84.7 cm³/mol. The second-order valence-electron chi connectivity index (χ2n) is 4.74. The van der Waals surface area contributed by atoms with Gasteiger partial charge in [0.25, 0.3) is 0 Å². The zero-order chi connectivity index (χ0) is 16.7. The fourth-order valence-corrected chi connectivity index (χ4v) is 1.91. The van der Waals surface area contributed by atoms with Crippen LogP contribution in [0.15, 0.2) is 48.5 Å². The molecule has 0 saturated heterocycles. The summed E-state index contributed by atoms with van der Waals surface area (Å²) in [6, 6.07) is 11.9. The molecule has 2 rings (SSSR count). The molecule has 120 valence electrons. The molecule has 5 nitrogen and oxygen atoms in total. The summed E-state index contributed by atoms with van der Waals surface area (Å²) in [5, 5.41) is 5.25. The van der Waals surface area contributed by atoms with E-state index < -0.39 is 12.0 Å². The first kappa shape index (κ1) is 16.5. The Kier molecular flexibility index (Phi) is 5.68. The van der Waals surface area contributed by atoms with Crippen molar-refractivity contribution in [3.05, 3.63) is 65.5 Å². The minimum absolute atomic E-state index is 0.213. The second kappa shape index (κ2) is 7.93. The van der Waals surface area contributed by atoms with E-state index in [1.165, 1.54) is 12.1 Å². The molecule has 2 amide bonds. The Balaban J connectivity index is 1.86. The van der Waals surface area contributed by atoms with Crippen molar-refractivity contribution in [1.82, 2.24) is 5.32 Å². The first-order valence-corrected chi connectivity index (χ1v) is 7.15. The summed E-state index contributed by atoms with van der Waals surface area (Å²) < 4.78 is 17.9. The summed E-state index contributed by atoms with van der Waals surface area (Å²) in [5.74, 6) is -0.756. The molecule has 6 heteroatoms. The summed E-state index contributed by atoms with van der Waals surface area (Å²) in [7, 11) is 0. The third-order valence-corrected chi connectivity index (χ3v) is 3.00. The van der Waals surface area contributed by atoms with Crippen LogP contribution in [0.1, 0.15) is 22.8 Å². The van der Waals surface area contributed by atoms with Gasteiger partial charge in [0.1, 0.15) is 5.82 Å². The molecule has 2 aromatic rings. The van der Waals surface area contributed by atoms with Gasteiger partial charge in [0, 0.05) is 12.2 Å². The van der Waals surface area contributed by atoms with Crippen molar-refractivity contribution >= 4 is 17.7 Å². The molecule has 0 aliphatic heterocycles. The van der Waals surface area contributed by atoms with Gasteiger partial charge in [0.2, 0.25) is 0 Å². The molecule has 0 heterocycles. The van der Waals surface area contributed by atoms with E-state index in [1.54, 1.807) is 43.3 Å². The Morgan fingerprint density at radius 3 is 2.52 bits per heavy atom. The number of carbonyl (C=O) groups excluding carboxylic acids is 2. The second-order valence-corrected chi connectivity index (χ2v) is 4.74. The third kappa shape index (κ3) is 5.10. The number of anilines is 1. The molecule has 2 N–H and O–H groups in total. The van der Waals surface area contributed by atoms with Crippen LogP contribution in [0.5, 0.6) is 0 Å². The van der Waals surface area contributed by atoms with E-state index in [0.717, 1.165) is 0 Å². The molecular weight excluding hydrogens is 299 g/mol. The monoisotopic (exact) mass is 316 g/mol. The van der Waals surface area contributed by atoms with E-state index in [1.807, 2.05) is 0 Å². The Morgan fingerprint density at radius 2 is 1.87 bits per heavy atom. The molecule has 0 atom stereocenters. The van der Waals surface area contributed by atoms with E-state index in [2.05, 4.69) is 10.6 Å². The summed E-state index contributed by atoms with van der Waals surface area (Å²) in [6.07, 6.45) is 0. The lowest BCUT2D eigenvalue weighted by atomic mass is 10.2. The quantitative estimate of drug-likeness (QED) is 0.832. The van der Waals surface area contributed by atoms with Gasteiger partial charge in [-0.1, -0.05) is 12.1 Å². The molecule has 0 saturated carbocycles. The Labute approximate surface area is 133 Å². The maximum atomic E-state index is 13.0. The summed E-state index contributed by atoms with van der Waals surface area (Å²) in [6.45, 7) is 2.25. The molecule has 0 spiro atoms. The van der Waals surface area contributed by atoms with Crippen molar-refractivity contribution in [2.24, 2.45) is 0 Å². The van der Waals surface area contributed by atoms with E-state index in [9.17, 15) is 14.0 Å². The molecule has 0 radical (unpaired) electrons. The fourth-order valence-electron chi connectivity index (χ4n) is 1.91. The van der Waals surface area contributed by atoms with E-state index >= 15 is 0 Å². The van der Waals surface area contributed by atoms with Crippen molar-refractivity contribution in [3.8, 4) is 0 Å². The molecule has 0 aliphatic rings. The van der Waals surface area contributed by atoms with Crippen LogP contribution < -0.4 is 10.6 Å². The normalized spacial score (nSPS) is 10.0. The van der Waals surface area contributed by atoms with Crippen LogP contribution in [0.3, 0.4) is 0 Å². The summed E-state index contributed by atoms with van der Waals surface area (Å²) >= 11 is 0. The Morgan fingerprint density at radius 1 is 1.13 bits per heavy atom. The zero-order valence-corrected chi connectivity index (χ0v) is 12.6. The van der Waals surface area contributed by atoms with Gasteiger partial charge in [0.15, 0.2) is 0 Å². The number of amides is 2. The maximum Gasteiger partial charge on any atom is 0.338 e. The van der Waals surface area contributed by atoms with Crippen LogP contribution >= 0.6 is 0 Å². The highest BCUT2D eigenvalue weighted by molar-refractivity contribution is 5.92. The highest BCUT2D eigenvalue weighted by atomic mass is 19.1. The van der Waals surface area contributed by atoms with Gasteiger partial charge in [-0.2, -0.15) is 0 Å². The number of halogens is 1. The van der Waals surface area contributed by atoms with Crippen LogP contribution in [-0.2, 0) is 11.3 Å². The molecular formula is C17H17FN2O3. The van der Waals surface area contributed by atoms with Crippen molar-refractivity contribution in [2.75, 3.05) is 11.9 Å². The Hall–Kier alpha value is -2.89. The van der Waals surface area contributed by atoms with E-state index in [0.29, 0.717) is 23.4 Å². The Bertz CT molecular complexity index is 686. The lowest BCUT2D eigenvalue weighted by Crippen LogP contribution is -2.28. The van der Waals surface area contributed by atoms with E-state index in [4.69, 9.17) is 4.74 Å². The van der Waals surface area contributed by atoms with Crippen LogP contribution in [0.2, 0.25) is 0 Å². The highest BCUT2D eigenvalue weighted by Crippen LogP contribution is 2.10. The summed E-state index contributed by atoms with van der Waals surface area (Å²) in [5.41, 5.74) is 1.62. The third-order valence-electron chi connectivity index (χ3n) is 3.00. The van der Waals surface area contributed by atoms with Crippen LogP contribution in [0.4, 0.5) is 14.9 Å². The number of carbonyl (C=O) groups is 2. The molecule has 2 aromatic carbocycles. The van der Waals surface area contributed by atoms with Gasteiger partial charge >= 0.3 is 12.0 Å². The predicted octanol–water partition coefficient (Wildman–Crippen LogP) is 3.32. The minimum atomic E-state index is -0.418. The number of hydrogen-bond acceptors (Lipinski definition) is 3. The number of urea groups is 1. The lowest BCUT2D eigenvalue weighted by Gasteiger charge is -2.08. The number of ether oxygens (including phenoxy) is 1. The number of benzene rings is 2. The molecule has 0 bridgehead atoms. The first-order chi connectivity index (χ1) is 11.1. The molecule has 0 fully saturated rings. The smallest absolute Gasteiger partial charge is 0.338 e. The van der Waals surface area contributed by atoms with Gasteiger partial charge in [-0.25, -0.2) is 14.0 Å². The van der Waals surface area contributed by atoms with Gasteiger partial charge < -0.3 is 15.4 Å². The van der Waals surface area contributed by atoms with Gasteiger partial charge in [-0.3, -0.25) is 0 Å². The van der Waals surface area contributed by atoms with Crippen molar-refractivity contribution in [2.45, 2.75) is 13.5 Å². The maximum absolute atomic E-state index is 13.0. The average molecular weight is 316 g/mol. The van der Waals surface area contributed by atoms with Crippen molar-refractivity contribution in [1.29, 1.82) is 0 Å².